The average Bonchev–Trinajstić information content (AvgIpc) is 2.39. The van der Waals surface area contributed by atoms with Gasteiger partial charge in [0.25, 0.3) is 0 Å². The number of nitrogens with zero attached hydrogens (tertiary/aromatic N) is 1. The zero-order valence-electron chi connectivity index (χ0n) is 9.82. The van der Waals surface area contributed by atoms with E-state index in [4.69, 9.17) is 11.6 Å². The summed E-state index contributed by atoms with van der Waals surface area (Å²) in [5.74, 6) is 0.841. The van der Waals surface area contributed by atoms with Gasteiger partial charge in [-0.2, -0.15) is 0 Å². The van der Waals surface area contributed by atoms with Crippen LogP contribution in [0.25, 0.3) is 5.57 Å². The number of fused-ring (bicyclic) bond motifs is 1. The first-order valence-electron chi connectivity index (χ1n) is 6.37. The van der Waals surface area contributed by atoms with Gasteiger partial charge in [-0.3, -0.25) is 0 Å². The van der Waals surface area contributed by atoms with Crippen LogP contribution in [0.1, 0.15) is 31.2 Å². The Bertz CT molecular complexity index is 424. The average molecular weight is 249 g/mol. The van der Waals surface area contributed by atoms with E-state index >= 15 is 0 Å². The first kappa shape index (κ1) is 11.2. The maximum Gasteiger partial charge on any atom is 0.129 e. The van der Waals surface area contributed by atoms with Crippen molar-refractivity contribution < 1.29 is 0 Å². The Labute approximate surface area is 107 Å². The Morgan fingerprint density at radius 1 is 1.35 bits per heavy atom. The van der Waals surface area contributed by atoms with E-state index < -0.39 is 0 Å². The van der Waals surface area contributed by atoms with Crippen molar-refractivity contribution in [3.05, 3.63) is 35.1 Å². The molecule has 0 spiro atoms. The molecule has 3 heteroatoms. The fourth-order valence-electron chi connectivity index (χ4n) is 2.96. The number of pyridine rings is 1. The molecular weight excluding hydrogens is 232 g/mol. The van der Waals surface area contributed by atoms with Crippen LogP contribution in [0.5, 0.6) is 0 Å². The van der Waals surface area contributed by atoms with Crippen molar-refractivity contribution in [3.63, 3.8) is 0 Å². The molecule has 0 aromatic carbocycles. The lowest BCUT2D eigenvalue weighted by Gasteiger charge is -2.36. The van der Waals surface area contributed by atoms with Crippen molar-refractivity contribution in [3.8, 4) is 0 Å². The van der Waals surface area contributed by atoms with Crippen molar-refractivity contribution in [1.29, 1.82) is 0 Å². The van der Waals surface area contributed by atoms with E-state index in [1.165, 1.54) is 36.9 Å². The molecule has 0 saturated carbocycles. The van der Waals surface area contributed by atoms with Gasteiger partial charge in [0.05, 0.1) is 0 Å². The minimum atomic E-state index is 0.568. The topological polar surface area (TPSA) is 24.9 Å². The summed E-state index contributed by atoms with van der Waals surface area (Å²) in [6, 6.07) is 4.61. The van der Waals surface area contributed by atoms with Crippen LogP contribution in [-0.2, 0) is 0 Å². The molecule has 2 unspecified atom stereocenters. The molecule has 2 nitrogen and oxygen atoms in total. The molecule has 1 aromatic heterocycles. The zero-order valence-corrected chi connectivity index (χ0v) is 10.6. The molecule has 3 rings (SSSR count). The Balaban J connectivity index is 1.80. The normalized spacial score (nSPS) is 28.4. The molecule has 0 bridgehead atoms. The molecule has 1 aliphatic heterocycles. The van der Waals surface area contributed by atoms with Crippen molar-refractivity contribution in [2.24, 2.45) is 5.92 Å². The van der Waals surface area contributed by atoms with Gasteiger partial charge in [0.15, 0.2) is 0 Å². The molecule has 2 heterocycles. The third kappa shape index (κ3) is 2.38. The summed E-state index contributed by atoms with van der Waals surface area (Å²) in [6.07, 6.45) is 9.31. The summed E-state index contributed by atoms with van der Waals surface area (Å²) in [6.45, 7) is 1.17. The highest BCUT2D eigenvalue weighted by Gasteiger charge is 2.28. The van der Waals surface area contributed by atoms with Crippen LogP contribution in [-0.4, -0.2) is 17.6 Å². The Morgan fingerprint density at radius 3 is 3.12 bits per heavy atom. The Morgan fingerprint density at radius 2 is 2.29 bits per heavy atom. The van der Waals surface area contributed by atoms with E-state index in [1.54, 1.807) is 0 Å². The van der Waals surface area contributed by atoms with Gasteiger partial charge in [-0.1, -0.05) is 23.7 Å². The number of hydrogen-bond donors (Lipinski definition) is 1. The van der Waals surface area contributed by atoms with Gasteiger partial charge in [-0.25, -0.2) is 4.98 Å². The second kappa shape index (κ2) is 4.79. The summed E-state index contributed by atoms with van der Waals surface area (Å²) in [4.78, 5) is 4.16. The molecule has 0 amide bonds. The maximum atomic E-state index is 5.82. The quantitative estimate of drug-likeness (QED) is 0.772. The first-order chi connectivity index (χ1) is 8.33. The standard InChI is InChI=1S/C14H17ClN2/c15-14-6-5-12(9-17-14)11-4-3-10-2-1-7-16-13(10)8-11/h4-6,9-10,13,16H,1-3,7-8H2. The SMILES string of the molecule is Clc1ccc(C2=CCC3CCCNC3C2)cn1. The molecular formula is C14H17ClN2. The Hall–Kier alpha value is -0.860. The highest BCUT2D eigenvalue weighted by atomic mass is 35.5. The van der Waals surface area contributed by atoms with Gasteiger partial charge in [-0.15, -0.1) is 0 Å². The molecule has 17 heavy (non-hydrogen) atoms. The molecule has 1 N–H and O–H groups in total. The number of piperidine rings is 1. The van der Waals surface area contributed by atoms with E-state index in [1.807, 2.05) is 12.3 Å². The molecule has 2 atom stereocenters. The highest BCUT2D eigenvalue weighted by molar-refractivity contribution is 6.29. The number of allylic oxidation sites excluding steroid dienone is 1. The van der Waals surface area contributed by atoms with Gasteiger partial charge < -0.3 is 5.32 Å². The van der Waals surface area contributed by atoms with Crippen molar-refractivity contribution in [1.82, 2.24) is 10.3 Å². The largest absolute Gasteiger partial charge is 0.313 e. The first-order valence-corrected chi connectivity index (χ1v) is 6.75. The van der Waals surface area contributed by atoms with Gasteiger partial charge in [-0.05, 0) is 55.3 Å². The fraction of sp³-hybridized carbons (Fsp3) is 0.500. The van der Waals surface area contributed by atoms with E-state index in [9.17, 15) is 0 Å². The van der Waals surface area contributed by atoms with Gasteiger partial charge >= 0.3 is 0 Å². The van der Waals surface area contributed by atoms with Crippen molar-refractivity contribution in [2.45, 2.75) is 31.7 Å². The van der Waals surface area contributed by atoms with Crippen LogP contribution in [0.2, 0.25) is 5.15 Å². The van der Waals surface area contributed by atoms with Crippen molar-refractivity contribution in [2.75, 3.05) is 6.54 Å². The third-order valence-corrected chi connectivity index (χ3v) is 4.16. The van der Waals surface area contributed by atoms with E-state index in [0.717, 1.165) is 12.3 Å². The molecule has 90 valence electrons. The van der Waals surface area contributed by atoms with Crippen molar-refractivity contribution >= 4 is 17.2 Å². The van der Waals surface area contributed by atoms with Crippen LogP contribution in [0.15, 0.2) is 24.4 Å². The minimum absolute atomic E-state index is 0.568. The lowest BCUT2D eigenvalue weighted by atomic mass is 9.78. The van der Waals surface area contributed by atoms with Gasteiger partial charge in [0, 0.05) is 12.2 Å². The molecule has 2 aliphatic rings. The second-order valence-corrected chi connectivity index (χ2v) is 5.39. The Kier molecular flexibility index (Phi) is 3.17. The third-order valence-electron chi connectivity index (χ3n) is 3.93. The zero-order chi connectivity index (χ0) is 11.7. The van der Waals surface area contributed by atoms with Crippen LogP contribution in [0.4, 0.5) is 0 Å². The highest BCUT2D eigenvalue weighted by Crippen LogP contribution is 2.34. The van der Waals surface area contributed by atoms with Crippen LogP contribution in [0.3, 0.4) is 0 Å². The number of hydrogen-bond acceptors (Lipinski definition) is 2. The van der Waals surface area contributed by atoms with Gasteiger partial charge in [0.2, 0.25) is 0 Å². The maximum absolute atomic E-state index is 5.82. The lowest BCUT2D eigenvalue weighted by molar-refractivity contribution is 0.278. The molecule has 1 saturated heterocycles. The molecule has 0 radical (unpaired) electrons. The van der Waals surface area contributed by atoms with E-state index in [0.29, 0.717) is 11.2 Å². The minimum Gasteiger partial charge on any atom is -0.313 e. The summed E-state index contributed by atoms with van der Waals surface area (Å²) >= 11 is 5.82. The predicted molar refractivity (Wildman–Crippen MR) is 71.0 cm³/mol. The van der Waals surface area contributed by atoms with E-state index in [2.05, 4.69) is 22.4 Å². The molecule has 1 aromatic rings. The monoisotopic (exact) mass is 248 g/mol. The van der Waals surface area contributed by atoms with Crippen LogP contribution < -0.4 is 5.32 Å². The molecule has 1 aliphatic carbocycles. The number of halogens is 1. The number of nitrogens with one attached hydrogen (secondary N) is 1. The fourth-order valence-corrected chi connectivity index (χ4v) is 3.07. The van der Waals surface area contributed by atoms with E-state index in [-0.39, 0.29) is 0 Å². The lowest BCUT2D eigenvalue weighted by Crippen LogP contribution is -2.42. The molecule has 1 fully saturated rings. The number of aromatic nitrogens is 1. The second-order valence-electron chi connectivity index (χ2n) is 5.00. The summed E-state index contributed by atoms with van der Waals surface area (Å²) in [5.41, 5.74) is 2.64. The van der Waals surface area contributed by atoms with Gasteiger partial charge in [0.1, 0.15) is 5.15 Å². The van der Waals surface area contributed by atoms with Crippen LogP contribution in [0, 0.1) is 5.92 Å². The summed E-state index contributed by atoms with van der Waals surface area (Å²) < 4.78 is 0. The summed E-state index contributed by atoms with van der Waals surface area (Å²) in [7, 11) is 0. The van der Waals surface area contributed by atoms with Crippen LogP contribution >= 0.6 is 11.6 Å². The smallest absolute Gasteiger partial charge is 0.129 e. The summed E-state index contributed by atoms with van der Waals surface area (Å²) in [5, 5.41) is 4.21. The predicted octanol–water partition coefficient (Wildman–Crippen LogP) is 3.28. The number of rotatable bonds is 1.